The van der Waals surface area contributed by atoms with E-state index in [-0.39, 0.29) is 30.1 Å². The molecule has 1 unspecified atom stereocenters. The molecule has 2 heterocycles. The predicted octanol–water partition coefficient (Wildman–Crippen LogP) is 1.50. The van der Waals surface area contributed by atoms with Crippen molar-refractivity contribution in [2.75, 3.05) is 19.6 Å². The number of amides is 2. The number of rotatable bonds is 5. The van der Waals surface area contributed by atoms with Gasteiger partial charge < -0.3 is 14.9 Å². The third-order valence-corrected chi connectivity index (χ3v) is 5.11. The standard InChI is InChI=1S/C20H25N5O4/c1-14-5-3-6-17(11-14)25-12-18(21-22-25)20(29)23-9-4-7-16(8-10-23)24(15(2)26)13-19(27)28/h3,5-6,11-12,16H,4,7-10,13H2,1-2H3,(H,27,28). The minimum absolute atomic E-state index is 0.190. The molecule has 0 bridgehead atoms. The first-order valence-electron chi connectivity index (χ1n) is 9.63. The number of hydrogen-bond donors (Lipinski definition) is 1. The molecule has 1 saturated heterocycles. The number of likely N-dealkylation sites (tertiary alicyclic amines) is 1. The van der Waals surface area contributed by atoms with Crippen LogP contribution in [0.1, 0.15) is 42.2 Å². The number of carboxylic acids is 1. The van der Waals surface area contributed by atoms with Crippen molar-refractivity contribution in [2.45, 2.75) is 39.2 Å². The second-order valence-electron chi connectivity index (χ2n) is 7.30. The molecular weight excluding hydrogens is 374 g/mol. The summed E-state index contributed by atoms with van der Waals surface area (Å²) < 4.78 is 1.57. The summed E-state index contributed by atoms with van der Waals surface area (Å²) >= 11 is 0. The summed E-state index contributed by atoms with van der Waals surface area (Å²) in [7, 11) is 0. The fourth-order valence-corrected chi connectivity index (χ4v) is 3.66. The summed E-state index contributed by atoms with van der Waals surface area (Å²) in [5.41, 5.74) is 2.18. The Morgan fingerprint density at radius 2 is 2.03 bits per heavy atom. The molecule has 9 nitrogen and oxygen atoms in total. The fraction of sp³-hybridized carbons (Fsp3) is 0.450. The third-order valence-electron chi connectivity index (χ3n) is 5.11. The molecule has 1 N–H and O–H groups in total. The molecule has 1 atom stereocenters. The number of aryl methyl sites for hydroxylation is 1. The van der Waals surface area contributed by atoms with Gasteiger partial charge in [-0.2, -0.15) is 0 Å². The van der Waals surface area contributed by atoms with E-state index in [4.69, 9.17) is 5.11 Å². The first-order chi connectivity index (χ1) is 13.8. The lowest BCUT2D eigenvalue weighted by atomic mass is 10.1. The van der Waals surface area contributed by atoms with Crippen LogP contribution in [0, 0.1) is 6.92 Å². The van der Waals surface area contributed by atoms with Gasteiger partial charge in [-0.05, 0) is 43.9 Å². The Labute approximate surface area is 168 Å². The predicted molar refractivity (Wildman–Crippen MR) is 105 cm³/mol. The molecule has 29 heavy (non-hydrogen) atoms. The zero-order chi connectivity index (χ0) is 21.0. The maximum atomic E-state index is 12.9. The second kappa shape index (κ2) is 8.85. The molecule has 0 saturated carbocycles. The SMILES string of the molecule is CC(=O)N(CC(=O)O)C1CCCN(C(=O)c2cn(-c3cccc(C)c3)nn2)CC1. The van der Waals surface area contributed by atoms with Gasteiger partial charge in [0.25, 0.3) is 5.91 Å². The summed E-state index contributed by atoms with van der Waals surface area (Å²) in [6.45, 7) is 4.00. The van der Waals surface area contributed by atoms with Gasteiger partial charge >= 0.3 is 5.97 Å². The Kier molecular flexibility index (Phi) is 6.26. The van der Waals surface area contributed by atoms with Crippen molar-refractivity contribution < 1.29 is 19.5 Å². The van der Waals surface area contributed by atoms with Gasteiger partial charge in [-0.25, -0.2) is 4.68 Å². The highest BCUT2D eigenvalue weighted by Gasteiger charge is 2.28. The number of aromatic nitrogens is 3. The molecule has 1 aliphatic rings. The van der Waals surface area contributed by atoms with E-state index in [0.29, 0.717) is 32.4 Å². The van der Waals surface area contributed by atoms with Gasteiger partial charge in [0.05, 0.1) is 11.9 Å². The van der Waals surface area contributed by atoms with E-state index in [0.717, 1.165) is 11.3 Å². The number of carbonyl (C=O) groups is 3. The van der Waals surface area contributed by atoms with Crippen molar-refractivity contribution in [3.8, 4) is 5.69 Å². The topological polar surface area (TPSA) is 109 Å². The molecular formula is C20H25N5O4. The van der Waals surface area contributed by atoms with Gasteiger partial charge in [0, 0.05) is 26.1 Å². The Balaban J connectivity index is 1.68. The molecule has 9 heteroatoms. The highest BCUT2D eigenvalue weighted by atomic mass is 16.4. The van der Waals surface area contributed by atoms with Crippen LogP contribution >= 0.6 is 0 Å². The van der Waals surface area contributed by atoms with Crippen LogP contribution in [0.5, 0.6) is 0 Å². The third kappa shape index (κ3) is 4.98. The molecule has 1 aromatic heterocycles. The van der Waals surface area contributed by atoms with Crippen LogP contribution in [0.4, 0.5) is 0 Å². The van der Waals surface area contributed by atoms with Crippen LogP contribution in [0.3, 0.4) is 0 Å². The van der Waals surface area contributed by atoms with Crippen molar-refractivity contribution in [1.29, 1.82) is 0 Å². The van der Waals surface area contributed by atoms with Crippen LogP contribution < -0.4 is 0 Å². The van der Waals surface area contributed by atoms with Crippen LogP contribution in [0.25, 0.3) is 5.69 Å². The highest BCUT2D eigenvalue weighted by molar-refractivity contribution is 5.92. The maximum absolute atomic E-state index is 12.9. The number of benzene rings is 1. The lowest BCUT2D eigenvalue weighted by Crippen LogP contribution is -2.43. The molecule has 3 rings (SSSR count). The summed E-state index contributed by atoms with van der Waals surface area (Å²) in [5.74, 6) is -1.51. The first kappa shape index (κ1) is 20.5. The fourth-order valence-electron chi connectivity index (χ4n) is 3.66. The van der Waals surface area contributed by atoms with E-state index >= 15 is 0 Å². The first-order valence-corrected chi connectivity index (χ1v) is 9.63. The van der Waals surface area contributed by atoms with Crippen LogP contribution in [0.2, 0.25) is 0 Å². The summed E-state index contributed by atoms with van der Waals surface area (Å²) in [4.78, 5) is 38.9. The van der Waals surface area contributed by atoms with Crippen LogP contribution in [-0.2, 0) is 9.59 Å². The normalized spacial score (nSPS) is 16.9. The van der Waals surface area contributed by atoms with Gasteiger partial charge in [-0.1, -0.05) is 17.3 Å². The summed E-state index contributed by atoms with van der Waals surface area (Å²) in [6.07, 6.45) is 3.49. The van der Waals surface area contributed by atoms with E-state index in [2.05, 4.69) is 10.3 Å². The van der Waals surface area contributed by atoms with Crippen LogP contribution in [-0.4, -0.2) is 73.4 Å². The van der Waals surface area contributed by atoms with Gasteiger partial charge in [0.1, 0.15) is 6.54 Å². The number of hydrogen-bond acceptors (Lipinski definition) is 5. The molecule has 1 fully saturated rings. The van der Waals surface area contributed by atoms with Crippen molar-refractivity contribution in [3.05, 3.63) is 41.7 Å². The Morgan fingerprint density at radius 3 is 2.72 bits per heavy atom. The lowest BCUT2D eigenvalue weighted by Gasteiger charge is -2.28. The molecule has 0 radical (unpaired) electrons. The second-order valence-corrected chi connectivity index (χ2v) is 7.30. The monoisotopic (exact) mass is 399 g/mol. The van der Waals surface area contributed by atoms with Gasteiger partial charge in [0.2, 0.25) is 5.91 Å². The highest BCUT2D eigenvalue weighted by Crippen LogP contribution is 2.19. The van der Waals surface area contributed by atoms with E-state index in [9.17, 15) is 14.4 Å². The minimum atomic E-state index is -1.04. The zero-order valence-electron chi connectivity index (χ0n) is 16.6. The van der Waals surface area contributed by atoms with Crippen molar-refractivity contribution in [1.82, 2.24) is 24.8 Å². The number of nitrogens with zero attached hydrogens (tertiary/aromatic N) is 5. The minimum Gasteiger partial charge on any atom is -0.480 e. The number of aliphatic carboxylic acids is 1. The number of carbonyl (C=O) groups excluding carboxylic acids is 2. The smallest absolute Gasteiger partial charge is 0.323 e. The van der Waals surface area contributed by atoms with E-state index < -0.39 is 5.97 Å². The quantitative estimate of drug-likeness (QED) is 0.816. The van der Waals surface area contributed by atoms with E-state index in [1.54, 1.807) is 15.8 Å². The van der Waals surface area contributed by atoms with Crippen molar-refractivity contribution in [2.24, 2.45) is 0 Å². The van der Waals surface area contributed by atoms with Crippen molar-refractivity contribution >= 4 is 17.8 Å². The Morgan fingerprint density at radius 1 is 1.24 bits per heavy atom. The molecule has 1 aliphatic heterocycles. The molecule has 2 aromatic rings. The zero-order valence-corrected chi connectivity index (χ0v) is 16.6. The number of carboxylic acid groups (broad SMARTS) is 1. The molecule has 2 amide bonds. The van der Waals surface area contributed by atoms with Crippen LogP contribution in [0.15, 0.2) is 30.5 Å². The summed E-state index contributed by atoms with van der Waals surface area (Å²) in [6, 6.07) is 7.56. The van der Waals surface area contributed by atoms with Gasteiger partial charge in [-0.3, -0.25) is 14.4 Å². The molecule has 0 spiro atoms. The summed E-state index contributed by atoms with van der Waals surface area (Å²) in [5, 5.41) is 17.2. The van der Waals surface area contributed by atoms with Gasteiger partial charge in [-0.15, -0.1) is 5.10 Å². The van der Waals surface area contributed by atoms with Gasteiger partial charge in [0.15, 0.2) is 5.69 Å². The lowest BCUT2D eigenvalue weighted by molar-refractivity contribution is -0.145. The average Bonchev–Trinajstić information content (AvgIpc) is 3.04. The largest absolute Gasteiger partial charge is 0.480 e. The maximum Gasteiger partial charge on any atom is 0.323 e. The average molecular weight is 399 g/mol. The van der Waals surface area contributed by atoms with E-state index in [1.807, 2.05) is 31.2 Å². The van der Waals surface area contributed by atoms with Crippen molar-refractivity contribution in [3.63, 3.8) is 0 Å². The Hall–Kier alpha value is -3.23. The molecule has 1 aromatic carbocycles. The molecule has 154 valence electrons. The van der Waals surface area contributed by atoms with E-state index in [1.165, 1.54) is 11.8 Å². The molecule has 0 aliphatic carbocycles. The Bertz CT molecular complexity index is 910.